The van der Waals surface area contributed by atoms with E-state index in [4.69, 9.17) is 5.11 Å². The fourth-order valence-electron chi connectivity index (χ4n) is 1.31. The van der Waals surface area contributed by atoms with E-state index in [0.29, 0.717) is 0 Å². The third kappa shape index (κ3) is 7.78. The highest BCUT2D eigenvalue weighted by Gasteiger charge is 2.22. The molecule has 0 aromatic rings. The minimum atomic E-state index is -0.745. The summed E-state index contributed by atoms with van der Waals surface area (Å²) in [7, 11) is 0. The van der Waals surface area contributed by atoms with Gasteiger partial charge in [0.25, 0.3) is 0 Å². The van der Waals surface area contributed by atoms with E-state index in [1.54, 1.807) is 6.92 Å². The summed E-state index contributed by atoms with van der Waals surface area (Å²) < 4.78 is 0. The first kappa shape index (κ1) is 12.4. The van der Waals surface area contributed by atoms with Gasteiger partial charge in [-0.1, -0.05) is 26.2 Å². The van der Waals surface area contributed by atoms with Gasteiger partial charge >= 0.3 is 5.97 Å². The summed E-state index contributed by atoms with van der Waals surface area (Å²) in [5, 5.41) is 17.1. The molecule has 0 amide bonds. The minimum absolute atomic E-state index is 0.222. The van der Waals surface area contributed by atoms with Crippen LogP contribution in [0.1, 0.15) is 52.4 Å². The molecule has 1 aliphatic rings. The van der Waals surface area contributed by atoms with Gasteiger partial charge in [-0.2, -0.15) is 0 Å². The van der Waals surface area contributed by atoms with E-state index in [9.17, 15) is 9.90 Å². The van der Waals surface area contributed by atoms with Crippen molar-refractivity contribution in [2.24, 2.45) is 0 Å². The highest BCUT2D eigenvalue weighted by atomic mass is 16.4. The molecule has 0 aromatic heterocycles. The van der Waals surface area contributed by atoms with Gasteiger partial charge in [0.1, 0.15) is 0 Å². The van der Waals surface area contributed by atoms with Gasteiger partial charge in [0.05, 0.1) is 5.60 Å². The molecule has 13 heavy (non-hydrogen) atoms. The lowest BCUT2D eigenvalue weighted by molar-refractivity contribution is -0.136. The molecule has 0 atom stereocenters. The minimum Gasteiger partial charge on any atom is -0.481 e. The van der Waals surface area contributed by atoms with Gasteiger partial charge in [-0.05, 0) is 19.8 Å². The zero-order valence-corrected chi connectivity index (χ0v) is 8.55. The molecule has 1 aliphatic carbocycles. The van der Waals surface area contributed by atoms with Gasteiger partial charge in [-0.25, -0.2) is 0 Å². The summed E-state index contributed by atoms with van der Waals surface area (Å²) in [6.45, 7) is 3.54. The Morgan fingerprint density at radius 2 is 1.69 bits per heavy atom. The number of hydrogen-bond acceptors (Lipinski definition) is 2. The van der Waals surface area contributed by atoms with Crippen LogP contribution in [-0.2, 0) is 4.79 Å². The zero-order chi connectivity index (χ0) is 10.3. The topological polar surface area (TPSA) is 57.5 Å². The fraction of sp³-hybridized carbons (Fsp3) is 0.900. The predicted octanol–water partition coefficient (Wildman–Crippen LogP) is 2.18. The lowest BCUT2D eigenvalue weighted by Gasteiger charge is -2.27. The van der Waals surface area contributed by atoms with Crippen LogP contribution in [0, 0.1) is 0 Å². The Labute approximate surface area is 79.8 Å². The Balaban J connectivity index is 0.000000252. The third-order valence-corrected chi connectivity index (χ3v) is 2.23. The van der Waals surface area contributed by atoms with Crippen molar-refractivity contribution in [3.05, 3.63) is 0 Å². The van der Waals surface area contributed by atoms with Crippen LogP contribution in [0.2, 0.25) is 0 Å². The monoisotopic (exact) mass is 188 g/mol. The highest BCUT2D eigenvalue weighted by Crippen LogP contribution is 2.26. The third-order valence-electron chi connectivity index (χ3n) is 2.23. The lowest BCUT2D eigenvalue weighted by atomic mass is 9.87. The summed E-state index contributed by atoms with van der Waals surface area (Å²) in [5.74, 6) is -0.745. The fourth-order valence-corrected chi connectivity index (χ4v) is 1.31. The molecule has 1 saturated carbocycles. The molecule has 0 spiro atoms. The van der Waals surface area contributed by atoms with Crippen molar-refractivity contribution in [2.45, 2.75) is 58.0 Å². The quantitative estimate of drug-likeness (QED) is 0.663. The maximum Gasteiger partial charge on any atom is 0.303 e. The van der Waals surface area contributed by atoms with Gasteiger partial charge in [0.2, 0.25) is 0 Å². The second kappa shape index (κ2) is 5.97. The first-order valence-electron chi connectivity index (χ1n) is 4.92. The predicted molar refractivity (Wildman–Crippen MR) is 51.6 cm³/mol. The number of carbonyl (C=O) groups is 1. The van der Waals surface area contributed by atoms with Crippen LogP contribution in [0.3, 0.4) is 0 Å². The Morgan fingerprint density at radius 1 is 1.31 bits per heavy atom. The molecule has 3 heteroatoms. The molecule has 3 nitrogen and oxygen atoms in total. The van der Waals surface area contributed by atoms with Crippen LogP contribution in [-0.4, -0.2) is 21.8 Å². The highest BCUT2D eigenvalue weighted by molar-refractivity contribution is 5.66. The molecule has 0 radical (unpaired) electrons. The van der Waals surface area contributed by atoms with E-state index >= 15 is 0 Å². The van der Waals surface area contributed by atoms with E-state index in [1.807, 2.05) is 6.92 Å². The van der Waals surface area contributed by atoms with Crippen LogP contribution >= 0.6 is 0 Å². The van der Waals surface area contributed by atoms with Gasteiger partial charge in [0, 0.05) is 6.42 Å². The number of aliphatic carboxylic acids is 1. The van der Waals surface area contributed by atoms with Crippen LogP contribution < -0.4 is 0 Å². The average Bonchev–Trinajstić information content (AvgIpc) is 2.05. The number of carboxylic acids is 1. The number of rotatable bonds is 1. The molecule has 78 valence electrons. The van der Waals surface area contributed by atoms with E-state index in [2.05, 4.69) is 0 Å². The molecular formula is C10H20O3. The molecule has 1 rings (SSSR count). The molecule has 0 aliphatic heterocycles. The SMILES string of the molecule is CC1(O)CCCCC1.CCC(=O)O. The first-order valence-corrected chi connectivity index (χ1v) is 4.92. The zero-order valence-electron chi connectivity index (χ0n) is 8.55. The van der Waals surface area contributed by atoms with Gasteiger partial charge in [0.15, 0.2) is 0 Å². The van der Waals surface area contributed by atoms with Crippen molar-refractivity contribution < 1.29 is 15.0 Å². The number of hydrogen-bond donors (Lipinski definition) is 2. The van der Waals surface area contributed by atoms with Crippen molar-refractivity contribution >= 4 is 5.97 Å². The van der Waals surface area contributed by atoms with Crippen molar-refractivity contribution in [3.63, 3.8) is 0 Å². The van der Waals surface area contributed by atoms with Crippen LogP contribution in [0.5, 0.6) is 0 Å². The lowest BCUT2D eigenvalue weighted by Crippen LogP contribution is -2.26. The molecule has 2 N–H and O–H groups in total. The smallest absolute Gasteiger partial charge is 0.303 e. The Kier molecular flexibility index (Phi) is 5.71. The Hall–Kier alpha value is -0.570. The molecular weight excluding hydrogens is 168 g/mol. The van der Waals surface area contributed by atoms with Crippen molar-refractivity contribution in [3.8, 4) is 0 Å². The molecule has 0 saturated heterocycles. The largest absolute Gasteiger partial charge is 0.481 e. The average molecular weight is 188 g/mol. The molecule has 1 fully saturated rings. The molecule has 0 aromatic carbocycles. The Bertz CT molecular complexity index is 144. The summed E-state index contributed by atoms with van der Waals surface area (Å²) in [6.07, 6.45) is 5.98. The van der Waals surface area contributed by atoms with Gasteiger partial charge in [-0.3, -0.25) is 4.79 Å². The van der Waals surface area contributed by atoms with Gasteiger partial charge < -0.3 is 10.2 Å². The van der Waals surface area contributed by atoms with Crippen molar-refractivity contribution in [2.75, 3.05) is 0 Å². The van der Waals surface area contributed by atoms with E-state index in [0.717, 1.165) is 12.8 Å². The summed E-state index contributed by atoms with van der Waals surface area (Å²) >= 11 is 0. The first-order chi connectivity index (χ1) is 5.98. The summed E-state index contributed by atoms with van der Waals surface area (Å²) in [6, 6.07) is 0. The van der Waals surface area contributed by atoms with Crippen LogP contribution in [0.15, 0.2) is 0 Å². The van der Waals surface area contributed by atoms with Crippen molar-refractivity contribution in [1.82, 2.24) is 0 Å². The van der Waals surface area contributed by atoms with Crippen LogP contribution in [0.25, 0.3) is 0 Å². The molecule has 0 unspecified atom stereocenters. The maximum atomic E-state index is 9.37. The standard InChI is InChI=1S/C7H14O.C3H6O2/c1-7(8)5-3-2-4-6-7;1-2-3(4)5/h8H,2-6H2,1H3;2H2,1H3,(H,4,5). The number of aliphatic hydroxyl groups is 1. The Morgan fingerprint density at radius 3 is 1.85 bits per heavy atom. The normalized spacial score (nSPS) is 19.9. The summed E-state index contributed by atoms with van der Waals surface area (Å²) in [4.78, 5) is 9.37. The number of carboxylic acid groups (broad SMARTS) is 1. The van der Waals surface area contributed by atoms with E-state index in [-0.39, 0.29) is 12.0 Å². The van der Waals surface area contributed by atoms with E-state index < -0.39 is 5.97 Å². The second-order valence-corrected chi connectivity index (χ2v) is 3.80. The molecule has 0 bridgehead atoms. The molecule has 0 heterocycles. The van der Waals surface area contributed by atoms with E-state index in [1.165, 1.54) is 19.3 Å². The van der Waals surface area contributed by atoms with Crippen LogP contribution in [0.4, 0.5) is 0 Å². The maximum absolute atomic E-state index is 9.37. The summed E-state index contributed by atoms with van der Waals surface area (Å²) in [5.41, 5.74) is -0.321. The second-order valence-electron chi connectivity index (χ2n) is 3.80. The van der Waals surface area contributed by atoms with Crippen molar-refractivity contribution in [1.29, 1.82) is 0 Å². The van der Waals surface area contributed by atoms with Gasteiger partial charge in [-0.15, -0.1) is 0 Å².